The summed E-state index contributed by atoms with van der Waals surface area (Å²) in [6, 6.07) is 8.09. The molecule has 1 aromatic carbocycles. The molecule has 1 saturated heterocycles. The van der Waals surface area contributed by atoms with Crippen LogP contribution in [0.1, 0.15) is 22.8 Å². The monoisotopic (exact) mass is 211 g/mol. The molecule has 3 atom stereocenters. The zero-order chi connectivity index (χ0) is 10.9. The molecule has 1 N–H and O–H groups in total. The number of benzene rings is 1. The molecule has 1 heterocycles. The van der Waals surface area contributed by atoms with E-state index in [0.717, 1.165) is 17.8 Å². The van der Waals surface area contributed by atoms with Gasteiger partial charge in [-0.2, -0.15) is 0 Å². The van der Waals surface area contributed by atoms with Gasteiger partial charge in [-0.25, -0.2) is 0 Å². The lowest BCUT2D eigenvalue weighted by molar-refractivity contribution is 0.104. The third-order valence-corrected chi connectivity index (χ3v) is 4.67. The van der Waals surface area contributed by atoms with Gasteiger partial charge in [0.25, 0.3) is 0 Å². The molecule has 1 aliphatic heterocycles. The standard InChI is InChI=1S/C14H13NO/c1-8-11-7-15-13-6-12(16)9-4-2-3-5-10(9)14(8,11)13/h2-6,8,11,15H,7H2,1H3/t8-,11?,14?/m1/s1. The summed E-state index contributed by atoms with van der Waals surface area (Å²) in [5.41, 5.74) is 3.47. The second-order valence-electron chi connectivity index (χ2n) is 5.11. The summed E-state index contributed by atoms with van der Waals surface area (Å²) in [7, 11) is 0. The van der Waals surface area contributed by atoms with Crippen molar-refractivity contribution in [2.75, 3.05) is 6.54 Å². The summed E-state index contributed by atoms with van der Waals surface area (Å²) in [6.45, 7) is 3.32. The predicted molar refractivity (Wildman–Crippen MR) is 61.2 cm³/mol. The molecule has 2 unspecified atom stereocenters. The van der Waals surface area contributed by atoms with Gasteiger partial charge in [-0.3, -0.25) is 4.79 Å². The van der Waals surface area contributed by atoms with Crippen molar-refractivity contribution < 1.29 is 4.79 Å². The van der Waals surface area contributed by atoms with E-state index in [0.29, 0.717) is 11.8 Å². The molecule has 0 aromatic heterocycles. The Hall–Kier alpha value is -1.57. The maximum absolute atomic E-state index is 12.0. The summed E-state index contributed by atoms with van der Waals surface area (Å²) in [5.74, 6) is 1.52. The molecule has 0 amide bonds. The Morgan fingerprint density at radius 1 is 1.38 bits per heavy atom. The highest BCUT2D eigenvalue weighted by atomic mass is 16.1. The van der Waals surface area contributed by atoms with Gasteiger partial charge in [0.15, 0.2) is 5.78 Å². The van der Waals surface area contributed by atoms with Crippen LogP contribution in [0.5, 0.6) is 0 Å². The van der Waals surface area contributed by atoms with Crippen molar-refractivity contribution in [1.29, 1.82) is 0 Å². The van der Waals surface area contributed by atoms with Crippen LogP contribution in [0, 0.1) is 11.8 Å². The molecule has 2 heteroatoms. The highest BCUT2D eigenvalue weighted by Crippen LogP contribution is 2.67. The molecule has 80 valence electrons. The Kier molecular flexibility index (Phi) is 1.28. The van der Waals surface area contributed by atoms with Crippen molar-refractivity contribution in [3.05, 3.63) is 47.2 Å². The molecule has 2 aliphatic carbocycles. The van der Waals surface area contributed by atoms with Gasteiger partial charge in [0.2, 0.25) is 0 Å². The van der Waals surface area contributed by atoms with Gasteiger partial charge in [-0.15, -0.1) is 0 Å². The fourth-order valence-electron chi connectivity index (χ4n) is 3.83. The second kappa shape index (κ2) is 2.40. The second-order valence-corrected chi connectivity index (χ2v) is 5.11. The van der Waals surface area contributed by atoms with Crippen LogP contribution in [-0.4, -0.2) is 12.3 Å². The first-order valence-corrected chi connectivity index (χ1v) is 5.86. The van der Waals surface area contributed by atoms with E-state index in [2.05, 4.69) is 18.3 Å². The first kappa shape index (κ1) is 8.57. The van der Waals surface area contributed by atoms with Crippen molar-refractivity contribution in [2.24, 2.45) is 11.8 Å². The topological polar surface area (TPSA) is 29.1 Å². The number of hydrogen-bond acceptors (Lipinski definition) is 2. The zero-order valence-corrected chi connectivity index (χ0v) is 9.16. The van der Waals surface area contributed by atoms with Crippen LogP contribution in [0.15, 0.2) is 36.0 Å². The highest BCUT2D eigenvalue weighted by Gasteiger charge is 2.69. The van der Waals surface area contributed by atoms with Gasteiger partial charge >= 0.3 is 0 Å². The first-order chi connectivity index (χ1) is 7.76. The summed E-state index contributed by atoms with van der Waals surface area (Å²) in [4.78, 5) is 12.0. The number of ketones is 1. The molecule has 0 bridgehead atoms. The molecule has 1 aromatic rings. The lowest BCUT2D eigenvalue weighted by Crippen LogP contribution is -2.27. The number of allylic oxidation sites excluding steroid dienone is 2. The molecule has 3 aliphatic rings. The van der Waals surface area contributed by atoms with Gasteiger partial charge < -0.3 is 5.32 Å². The smallest absolute Gasteiger partial charge is 0.187 e. The highest BCUT2D eigenvalue weighted by molar-refractivity contribution is 6.08. The van der Waals surface area contributed by atoms with Crippen LogP contribution in [0.2, 0.25) is 0 Å². The van der Waals surface area contributed by atoms with E-state index in [4.69, 9.17) is 0 Å². The van der Waals surface area contributed by atoms with Crippen LogP contribution < -0.4 is 5.32 Å². The lowest BCUT2D eigenvalue weighted by atomic mass is 9.80. The molecule has 4 rings (SSSR count). The Labute approximate surface area is 94.4 Å². The Morgan fingerprint density at radius 3 is 3.00 bits per heavy atom. The Balaban J connectivity index is 2.04. The molecule has 2 fully saturated rings. The van der Waals surface area contributed by atoms with E-state index in [9.17, 15) is 4.79 Å². The summed E-state index contributed by atoms with van der Waals surface area (Å²) in [5, 5.41) is 3.39. The van der Waals surface area contributed by atoms with E-state index in [1.165, 1.54) is 5.56 Å². The van der Waals surface area contributed by atoms with Crippen LogP contribution in [0.4, 0.5) is 0 Å². The van der Waals surface area contributed by atoms with E-state index < -0.39 is 0 Å². The first-order valence-electron chi connectivity index (χ1n) is 5.86. The van der Waals surface area contributed by atoms with Crippen LogP contribution in [-0.2, 0) is 5.41 Å². The normalized spacial score (nSPS) is 38.1. The molecular weight excluding hydrogens is 198 g/mol. The molecule has 1 saturated carbocycles. The number of carbonyl (C=O) groups excluding carboxylic acids is 1. The minimum atomic E-state index is 0.156. The predicted octanol–water partition coefficient (Wildman–Crippen LogP) is 1.87. The van der Waals surface area contributed by atoms with E-state index in [1.54, 1.807) is 0 Å². The van der Waals surface area contributed by atoms with E-state index in [-0.39, 0.29) is 11.2 Å². The molecule has 0 radical (unpaired) electrons. The van der Waals surface area contributed by atoms with E-state index >= 15 is 0 Å². The quantitative estimate of drug-likeness (QED) is 0.710. The number of carbonyl (C=O) groups is 1. The lowest BCUT2D eigenvalue weighted by Gasteiger charge is -2.24. The van der Waals surface area contributed by atoms with Crippen LogP contribution in [0.3, 0.4) is 0 Å². The molecular formula is C14H13NO. The minimum Gasteiger partial charge on any atom is -0.387 e. The molecule has 2 nitrogen and oxygen atoms in total. The SMILES string of the molecule is C[C@@H]1C2CNC3=CC(=O)c4ccccc4C321. The van der Waals surface area contributed by atoms with Gasteiger partial charge in [0.1, 0.15) is 0 Å². The summed E-state index contributed by atoms with van der Waals surface area (Å²) < 4.78 is 0. The van der Waals surface area contributed by atoms with Gasteiger partial charge in [0, 0.05) is 29.3 Å². The summed E-state index contributed by atoms with van der Waals surface area (Å²) >= 11 is 0. The largest absolute Gasteiger partial charge is 0.387 e. The van der Waals surface area contributed by atoms with Gasteiger partial charge in [0.05, 0.1) is 0 Å². The fraction of sp³-hybridized carbons (Fsp3) is 0.357. The maximum atomic E-state index is 12.0. The van der Waals surface area contributed by atoms with Crippen molar-refractivity contribution in [2.45, 2.75) is 12.3 Å². The number of rotatable bonds is 0. The summed E-state index contributed by atoms with van der Waals surface area (Å²) in [6.07, 6.45) is 1.81. The number of fused-ring (bicyclic) bond motifs is 1. The minimum absolute atomic E-state index is 0.156. The maximum Gasteiger partial charge on any atom is 0.187 e. The van der Waals surface area contributed by atoms with Crippen molar-refractivity contribution in [1.82, 2.24) is 5.32 Å². The molecule has 16 heavy (non-hydrogen) atoms. The van der Waals surface area contributed by atoms with Crippen molar-refractivity contribution >= 4 is 5.78 Å². The zero-order valence-electron chi connectivity index (χ0n) is 9.16. The van der Waals surface area contributed by atoms with Crippen LogP contribution >= 0.6 is 0 Å². The fourth-order valence-corrected chi connectivity index (χ4v) is 3.83. The van der Waals surface area contributed by atoms with Crippen molar-refractivity contribution in [3.8, 4) is 0 Å². The van der Waals surface area contributed by atoms with Gasteiger partial charge in [-0.1, -0.05) is 31.2 Å². The van der Waals surface area contributed by atoms with E-state index in [1.807, 2.05) is 24.3 Å². The van der Waals surface area contributed by atoms with Gasteiger partial charge in [-0.05, 0) is 17.4 Å². The average Bonchev–Trinajstić information content (AvgIpc) is 2.70. The third-order valence-electron chi connectivity index (χ3n) is 4.67. The van der Waals surface area contributed by atoms with Crippen molar-refractivity contribution in [3.63, 3.8) is 0 Å². The third kappa shape index (κ3) is 0.692. The Bertz CT molecular complexity index is 545. The number of piperidine rings is 1. The number of nitrogens with one attached hydrogen (secondary N) is 1. The average molecular weight is 211 g/mol. The Morgan fingerprint density at radius 2 is 2.19 bits per heavy atom. The molecule has 1 spiro atoms. The number of hydrogen-bond donors (Lipinski definition) is 1. The van der Waals surface area contributed by atoms with Crippen LogP contribution in [0.25, 0.3) is 0 Å².